The Morgan fingerprint density at radius 2 is 1.39 bits per heavy atom. The standard InChI is InChI=1S/C19H16N2O2/c1-22-13-6-8-17-15(11-13)16-12-14(23-2)7-9-18(16)21(17)19-5-3-4-10-20-19/h3-12H,1-2H3. The van der Waals surface area contributed by atoms with E-state index in [2.05, 4.69) is 33.8 Å². The fourth-order valence-electron chi connectivity index (χ4n) is 2.97. The van der Waals surface area contributed by atoms with Crippen LogP contribution in [0.1, 0.15) is 0 Å². The van der Waals surface area contributed by atoms with E-state index in [0.29, 0.717) is 0 Å². The van der Waals surface area contributed by atoms with Crippen molar-refractivity contribution in [1.82, 2.24) is 9.55 Å². The summed E-state index contributed by atoms with van der Waals surface area (Å²) in [7, 11) is 3.36. The van der Waals surface area contributed by atoms with Gasteiger partial charge in [-0.15, -0.1) is 0 Å². The van der Waals surface area contributed by atoms with Gasteiger partial charge in [0.1, 0.15) is 17.3 Å². The summed E-state index contributed by atoms with van der Waals surface area (Å²) in [4.78, 5) is 4.51. The Morgan fingerprint density at radius 3 is 1.87 bits per heavy atom. The summed E-state index contributed by atoms with van der Waals surface area (Å²) < 4.78 is 12.9. The van der Waals surface area contributed by atoms with Crippen LogP contribution in [0.25, 0.3) is 27.6 Å². The third-order valence-corrected chi connectivity index (χ3v) is 4.06. The lowest BCUT2D eigenvalue weighted by Gasteiger charge is -2.06. The summed E-state index contributed by atoms with van der Waals surface area (Å²) >= 11 is 0. The van der Waals surface area contributed by atoms with E-state index in [9.17, 15) is 0 Å². The predicted molar refractivity (Wildman–Crippen MR) is 91.7 cm³/mol. The van der Waals surface area contributed by atoms with Crippen molar-refractivity contribution in [3.63, 3.8) is 0 Å². The molecule has 0 N–H and O–H groups in total. The molecule has 0 bridgehead atoms. The number of aromatic nitrogens is 2. The predicted octanol–water partition coefficient (Wildman–Crippen LogP) is 4.20. The van der Waals surface area contributed by atoms with Gasteiger partial charge in [-0.25, -0.2) is 4.98 Å². The smallest absolute Gasteiger partial charge is 0.137 e. The molecule has 23 heavy (non-hydrogen) atoms. The number of nitrogens with zero attached hydrogens (tertiary/aromatic N) is 2. The largest absolute Gasteiger partial charge is 0.497 e. The number of ether oxygens (including phenoxy) is 2. The van der Waals surface area contributed by atoms with E-state index >= 15 is 0 Å². The van der Waals surface area contributed by atoms with Gasteiger partial charge in [0.05, 0.1) is 25.3 Å². The van der Waals surface area contributed by atoms with Crippen molar-refractivity contribution in [2.24, 2.45) is 0 Å². The van der Waals surface area contributed by atoms with Crippen LogP contribution in [0.4, 0.5) is 0 Å². The molecule has 0 unspecified atom stereocenters. The lowest BCUT2D eigenvalue weighted by atomic mass is 10.1. The van der Waals surface area contributed by atoms with Gasteiger partial charge >= 0.3 is 0 Å². The second-order valence-electron chi connectivity index (χ2n) is 5.29. The molecule has 2 aromatic carbocycles. The molecule has 0 aliphatic carbocycles. The Hall–Kier alpha value is -3.01. The average molecular weight is 304 g/mol. The van der Waals surface area contributed by atoms with Gasteiger partial charge in [0.2, 0.25) is 0 Å². The normalized spacial score (nSPS) is 11.0. The van der Waals surface area contributed by atoms with Gasteiger partial charge in [-0.1, -0.05) is 6.07 Å². The number of methoxy groups -OCH3 is 2. The number of benzene rings is 2. The van der Waals surface area contributed by atoms with E-state index in [1.165, 1.54) is 0 Å². The number of hydrogen-bond donors (Lipinski definition) is 0. The molecule has 0 radical (unpaired) electrons. The number of hydrogen-bond acceptors (Lipinski definition) is 3. The number of rotatable bonds is 3. The maximum atomic E-state index is 5.39. The third kappa shape index (κ3) is 2.11. The third-order valence-electron chi connectivity index (χ3n) is 4.06. The first-order valence-corrected chi connectivity index (χ1v) is 7.39. The molecule has 2 heterocycles. The Balaban J connectivity index is 2.15. The van der Waals surface area contributed by atoms with Gasteiger partial charge < -0.3 is 9.47 Å². The molecule has 0 saturated carbocycles. The summed E-state index contributed by atoms with van der Waals surface area (Å²) in [5.41, 5.74) is 2.18. The Bertz CT molecular complexity index is 929. The van der Waals surface area contributed by atoms with Crippen molar-refractivity contribution in [2.45, 2.75) is 0 Å². The lowest BCUT2D eigenvalue weighted by Crippen LogP contribution is -1.96. The fraction of sp³-hybridized carbons (Fsp3) is 0.105. The molecule has 0 amide bonds. The molecule has 4 heteroatoms. The molecular formula is C19H16N2O2. The van der Waals surface area contributed by atoms with Crippen LogP contribution in [-0.4, -0.2) is 23.8 Å². The SMILES string of the molecule is COc1ccc2c(c1)c1cc(OC)ccc1n2-c1ccccn1. The highest BCUT2D eigenvalue weighted by Gasteiger charge is 2.14. The van der Waals surface area contributed by atoms with Crippen molar-refractivity contribution >= 4 is 21.8 Å². The molecule has 4 aromatic rings. The first-order valence-electron chi connectivity index (χ1n) is 7.39. The highest BCUT2D eigenvalue weighted by Crippen LogP contribution is 2.35. The molecule has 0 fully saturated rings. The second kappa shape index (κ2) is 5.32. The maximum absolute atomic E-state index is 5.39. The Kier molecular flexibility index (Phi) is 3.15. The summed E-state index contributed by atoms with van der Waals surface area (Å²) in [6, 6.07) is 18.1. The molecule has 0 aliphatic rings. The number of fused-ring (bicyclic) bond motifs is 3. The highest BCUT2D eigenvalue weighted by atomic mass is 16.5. The fourth-order valence-corrected chi connectivity index (χ4v) is 2.97. The van der Waals surface area contributed by atoms with Gasteiger partial charge in [-0.3, -0.25) is 4.57 Å². The van der Waals surface area contributed by atoms with Gasteiger partial charge in [-0.2, -0.15) is 0 Å². The average Bonchev–Trinajstić information content (AvgIpc) is 2.95. The van der Waals surface area contributed by atoms with E-state index < -0.39 is 0 Å². The van der Waals surface area contributed by atoms with Crippen molar-refractivity contribution in [3.05, 3.63) is 60.8 Å². The zero-order chi connectivity index (χ0) is 15.8. The van der Waals surface area contributed by atoms with Crippen LogP contribution >= 0.6 is 0 Å². The minimum absolute atomic E-state index is 0.834. The molecule has 0 saturated heterocycles. The zero-order valence-electron chi connectivity index (χ0n) is 13.0. The van der Waals surface area contributed by atoms with Crippen LogP contribution in [0.5, 0.6) is 11.5 Å². The van der Waals surface area contributed by atoms with Crippen molar-refractivity contribution in [2.75, 3.05) is 14.2 Å². The summed E-state index contributed by atoms with van der Waals surface area (Å²) in [5, 5.41) is 2.23. The molecule has 0 atom stereocenters. The zero-order valence-corrected chi connectivity index (χ0v) is 13.0. The number of pyridine rings is 1. The van der Waals surface area contributed by atoms with E-state index in [1.54, 1.807) is 20.4 Å². The van der Waals surface area contributed by atoms with Crippen LogP contribution in [0.2, 0.25) is 0 Å². The first kappa shape index (κ1) is 13.6. The molecular weight excluding hydrogens is 288 g/mol. The van der Waals surface area contributed by atoms with Crippen molar-refractivity contribution in [1.29, 1.82) is 0 Å². The summed E-state index contributed by atoms with van der Waals surface area (Å²) in [6.07, 6.45) is 1.81. The Labute approximate surface area is 133 Å². The first-order chi connectivity index (χ1) is 11.3. The topological polar surface area (TPSA) is 36.3 Å². The molecule has 4 nitrogen and oxygen atoms in total. The van der Waals surface area contributed by atoms with Gasteiger partial charge in [0, 0.05) is 17.0 Å². The minimum Gasteiger partial charge on any atom is -0.497 e. The van der Waals surface area contributed by atoms with E-state index in [4.69, 9.17) is 9.47 Å². The van der Waals surface area contributed by atoms with Gasteiger partial charge in [0.15, 0.2) is 0 Å². The highest BCUT2D eigenvalue weighted by molar-refractivity contribution is 6.10. The van der Waals surface area contributed by atoms with Gasteiger partial charge in [0.25, 0.3) is 0 Å². The lowest BCUT2D eigenvalue weighted by molar-refractivity contribution is 0.415. The van der Waals surface area contributed by atoms with Crippen LogP contribution in [0.3, 0.4) is 0 Å². The molecule has 4 rings (SSSR count). The van der Waals surface area contributed by atoms with Crippen LogP contribution in [0, 0.1) is 0 Å². The second-order valence-corrected chi connectivity index (χ2v) is 5.29. The van der Waals surface area contributed by atoms with Crippen molar-refractivity contribution < 1.29 is 9.47 Å². The van der Waals surface area contributed by atoms with Crippen LogP contribution in [-0.2, 0) is 0 Å². The van der Waals surface area contributed by atoms with E-state index in [0.717, 1.165) is 39.1 Å². The van der Waals surface area contributed by atoms with Crippen molar-refractivity contribution in [3.8, 4) is 17.3 Å². The molecule has 0 spiro atoms. The molecule has 0 aliphatic heterocycles. The monoisotopic (exact) mass is 304 g/mol. The Morgan fingerprint density at radius 1 is 0.783 bits per heavy atom. The van der Waals surface area contributed by atoms with Gasteiger partial charge in [-0.05, 0) is 48.5 Å². The molecule has 2 aromatic heterocycles. The van der Waals surface area contributed by atoms with E-state index in [1.807, 2.05) is 30.3 Å². The quantitative estimate of drug-likeness (QED) is 0.569. The summed E-state index contributed by atoms with van der Waals surface area (Å²) in [5.74, 6) is 2.56. The molecule has 114 valence electrons. The van der Waals surface area contributed by atoms with Crippen LogP contribution < -0.4 is 9.47 Å². The van der Waals surface area contributed by atoms with E-state index in [-0.39, 0.29) is 0 Å². The minimum atomic E-state index is 0.834. The maximum Gasteiger partial charge on any atom is 0.137 e. The summed E-state index contributed by atoms with van der Waals surface area (Å²) in [6.45, 7) is 0. The van der Waals surface area contributed by atoms with Crippen LogP contribution in [0.15, 0.2) is 60.8 Å².